The quantitative estimate of drug-likeness (QED) is 0.901. The molecule has 0 radical (unpaired) electrons. The second-order valence-electron chi connectivity index (χ2n) is 5.33. The molecule has 0 aliphatic carbocycles. The maximum Gasteiger partial charge on any atom is 0.126 e. The van der Waals surface area contributed by atoms with Crippen molar-refractivity contribution in [2.75, 3.05) is 33.9 Å². The Labute approximate surface area is 115 Å². The minimum atomic E-state index is -0.156. The maximum atomic E-state index is 6.40. The standard InChI is InChI=1S/C15H24N2O2/c1-10-5-6-12(15(18-4)11(10)2)14(16)13-9-17(3)7-8-19-13/h5-6,13-14H,7-9,16H2,1-4H3. The number of likely N-dealkylation sites (N-methyl/N-ethyl adjacent to an activating group) is 1. The van der Waals surface area contributed by atoms with E-state index in [1.165, 1.54) is 5.56 Å². The number of nitrogens with two attached hydrogens (primary N) is 1. The molecular formula is C15H24N2O2. The molecule has 4 nitrogen and oxygen atoms in total. The Kier molecular flexibility index (Phi) is 4.45. The minimum absolute atomic E-state index is 0.0229. The Morgan fingerprint density at radius 2 is 2.16 bits per heavy atom. The van der Waals surface area contributed by atoms with Crippen LogP contribution < -0.4 is 10.5 Å². The summed E-state index contributed by atoms with van der Waals surface area (Å²) in [5.41, 5.74) is 9.80. The van der Waals surface area contributed by atoms with E-state index in [2.05, 4.69) is 37.9 Å². The van der Waals surface area contributed by atoms with Gasteiger partial charge in [-0.1, -0.05) is 12.1 Å². The zero-order valence-corrected chi connectivity index (χ0v) is 12.3. The summed E-state index contributed by atoms with van der Waals surface area (Å²) in [5, 5.41) is 0. The Bertz CT molecular complexity index is 448. The first-order valence-electron chi connectivity index (χ1n) is 6.74. The van der Waals surface area contributed by atoms with E-state index >= 15 is 0 Å². The second kappa shape index (κ2) is 5.90. The average molecular weight is 264 g/mol. The molecule has 1 aromatic carbocycles. The summed E-state index contributed by atoms with van der Waals surface area (Å²) < 4.78 is 11.4. The first-order valence-corrected chi connectivity index (χ1v) is 6.74. The van der Waals surface area contributed by atoms with Crippen molar-refractivity contribution < 1.29 is 9.47 Å². The Morgan fingerprint density at radius 3 is 2.79 bits per heavy atom. The lowest BCUT2D eigenvalue weighted by Gasteiger charge is -2.34. The van der Waals surface area contributed by atoms with Crippen molar-refractivity contribution >= 4 is 0 Å². The fraction of sp³-hybridized carbons (Fsp3) is 0.600. The molecule has 0 saturated carbocycles. The van der Waals surface area contributed by atoms with Crippen molar-refractivity contribution in [3.05, 3.63) is 28.8 Å². The summed E-state index contributed by atoms with van der Waals surface area (Å²) in [7, 11) is 3.80. The van der Waals surface area contributed by atoms with Gasteiger partial charge in [0.05, 0.1) is 25.9 Å². The maximum absolute atomic E-state index is 6.40. The molecule has 1 aliphatic heterocycles. The van der Waals surface area contributed by atoms with Crippen molar-refractivity contribution in [1.82, 2.24) is 4.90 Å². The molecule has 0 bridgehead atoms. The molecule has 1 fully saturated rings. The highest BCUT2D eigenvalue weighted by molar-refractivity contribution is 5.47. The monoisotopic (exact) mass is 264 g/mol. The number of aryl methyl sites for hydroxylation is 1. The highest BCUT2D eigenvalue weighted by Gasteiger charge is 2.27. The van der Waals surface area contributed by atoms with Crippen molar-refractivity contribution in [3.8, 4) is 5.75 Å². The first kappa shape index (κ1) is 14.3. The van der Waals surface area contributed by atoms with Gasteiger partial charge in [0.1, 0.15) is 5.75 Å². The summed E-state index contributed by atoms with van der Waals surface area (Å²) in [4.78, 5) is 2.25. The Balaban J connectivity index is 2.28. The zero-order chi connectivity index (χ0) is 14.0. The Morgan fingerprint density at radius 1 is 1.42 bits per heavy atom. The van der Waals surface area contributed by atoms with Crippen LogP contribution in [0.1, 0.15) is 22.7 Å². The van der Waals surface area contributed by atoms with Gasteiger partial charge in [-0.15, -0.1) is 0 Å². The predicted molar refractivity (Wildman–Crippen MR) is 76.6 cm³/mol. The van der Waals surface area contributed by atoms with E-state index in [9.17, 15) is 0 Å². The minimum Gasteiger partial charge on any atom is -0.496 e. The molecule has 19 heavy (non-hydrogen) atoms. The molecule has 4 heteroatoms. The third-order valence-corrected chi connectivity index (χ3v) is 3.97. The summed E-state index contributed by atoms with van der Waals surface area (Å²) in [6.07, 6.45) is 0.0229. The van der Waals surface area contributed by atoms with E-state index in [-0.39, 0.29) is 12.1 Å². The molecule has 1 aromatic rings. The number of methoxy groups -OCH3 is 1. The summed E-state index contributed by atoms with van der Waals surface area (Å²) >= 11 is 0. The fourth-order valence-corrected chi connectivity index (χ4v) is 2.57. The van der Waals surface area contributed by atoms with Gasteiger partial charge in [0, 0.05) is 18.7 Å². The van der Waals surface area contributed by atoms with E-state index in [4.69, 9.17) is 15.2 Å². The second-order valence-corrected chi connectivity index (χ2v) is 5.33. The van der Waals surface area contributed by atoms with Crippen LogP contribution in [0, 0.1) is 13.8 Å². The number of morpholine rings is 1. The van der Waals surface area contributed by atoms with Crippen LogP contribution in [-0.2, 0) is 4.74 Å². The molecular weight excluding hydrogens is 240 g/mol. The van der Waals surface area contributed by atoms with E-state index in [0.717, 1.165) is 36.6 Å². The molecule has 0 amide bonds. The van der Waals surface area contributed by atoms with Crippen LogP contribution in [0.25, 0.3) is 0 Å². The number of hydrogen-bond acceptors (Lipinski definition) is 4. The summed E-state index contributed by atoms with van der Waals surface area (Å²) in [6.45, 7) is 6.71. The van der Waals surface area contributed by atoms with Crippen LogP contribution in [0.5, 0.6) is 5.75 Å². The summed E-state index contributed by atoms with van der Waals surface area (Å²) in [6, 6.07) is 4.00. The molecule has 1 aliphatic rings. The van der Waals surface area contributed by atoms with Crippen LogP contribution in [0.4, 0.5) is 0 Å². The largest absolute Gasteiger partial charge is 0.496 e. The van der Waals surface area contributed by atoms with E-state index in [0.29, 0.717) is 0 Å². The molecule has 1 heterocycles. The van der Waals surface area contributed by atoms with Crippen LogP contribution in [0.3, 0.4) is 0 Å². The molecule has 2 rings (SSSR count). The molecule has 106 valence electrons. The third-order valence-electron chi connectivity index (χ3n) is 3.97. The predicted octanol–water partition coefficient (Wildman–Crippen LogP) is 1.64. The van der Waals surface area contributed by atoms with Crippen molar-refractivity contribution in [1.29, 1.82) is 0 Å². The van der Waals surface area contributed by atoms with Gasteiger partial charge in [-0.2, -0.15) is 0 Å². The van der Waals surface area contributed by atoms with Gasteiger partial charge in [0.15, 0.2) is 0 Å². The zero-order valence-electron chi connectivity index (χ0n) is 12.3. The van der Waals surface area contributed by atoms with E-state index in [1.807, 2.05) is 0 Å². The molecule has 2 N–H and O–H groups in total. The lowest BCUT2D eigenvalue weighted by atomic mass is 9.95. The van der Waals surface area contributed by atoms with Gasteiger partial charge >= 0.3 is 0 Å². The number of rotatable bonds is 3. The fourth-order valence-electron chi connectivity index (χ4n) is 2.57. The molecule has 0 aromatic heterocycles. The number of benzene rings is 1. The van der Waals surface area contributed by atoms with Crippen LogP contribution in [-0.4, -0.2) is 44.9 Å². The van der Waals surface area contributed by atoms with Gasteiger partial charge < -0.3 is 20.1 Å². The molecule has 0 spiro atoms. The topological polar surface area (TPSA) is 47.7 Å². The van der Waals surface area contributed by atoms with Gasteiger partial charge in [-0.3, -0.25) is 0 Å². The van der Waals surface area contributed by atoms with Crippen molar-refractivity contribution in [2.45, 2.75) is 26.0 Å². The lowest BCUT2D eigenvalue weighted by molar-refractivity contribution is -0.0329. The van der Waals surface area contributed by atoms with E-state index in [1.54, 1.807) is 7.11 Å². The molecule has 1 saturated heterocycles. The normalized spacial score (nSPS) is 22.3. The van der Waals surface area contributed by atoms with Crippen molar-refractivity contribution in [3.63, 3.8) is 0 Å². The van der Waals surface area contributed by atoms with Crippen LogP contribution in [0.2, 0.25) is 0 Å². The lowest BCUT2D eigenvalue weighted by Crippen LogP contribution is -2.45. The summed E-state index contributed by atoms with van der Waals surface area (Å²) in [5.74, 6) is 0.893. The average Bonchev–Trinajstić information content (AvgIpc) is 2.41. The highest BCUT2D eigenvalue weighted by atomic mass is 16.5. The van der Waals surface area contributed by atoms with E-state index < -0.39 is 0 Å². The van der Waals surface area contributed by atoms with Gasteiger partial charge in [-0.05, 0) is 32.0 Å². The first-order chi connectivity index (χ1) is 9.04. The van der Waals surface area contributed by atoms with Crippen molar-refractivity contribution in [2.24, 2.45) is 5.73 Å². The third kappa shape index (κ3) is 2.91. The highest BCUT2D eigenvalue weighted by Crippen LogP contribution is 2.32. The SMILES string of the molecule is COc1c(C(N)C2CN(C)CCO2)ccc(C)c1C. The van der Waals surface area contributed by atoms with Gasteiger partial charge in [-0.25, -0.2) is 0 Å². The molecule has 2 atom stereocenters. The number of ether oxygens (including phenoxy) is 2. The van der Waals surface area contributed by atoms with Crippen LogP contribution >= 0.6 is 0 Å². The van der Waals surface area contributed by atoms with Crippen LogP contribution in [0.15, 0.2) is 12.1 Å². The number of nitrogens with zero attached hydrogens (tertiary/aromatic N) is 1. The number of hydrogen-bond donors (Lipinski definition) is 1. The van der Waals surface area contributed by atoms with Gasteiger partial charge in [0.2, 0.25) is 0 Å². The molecule has 2 unspecified atom stereocenters. The Hall–Kier alpha value is -1.10. The smallest absolute Gasteiger partial charge is 0.126 e. The van der Waals surface area contributed by atoms with Gasteiger partial charge in [0.25, 0.3) is 0 Å².